The van der Waals surface area contributed by atoms with E-state index in [1.807, 2.05) is 30.6 Å². The second kappa shape index (κ2) is 4.54. The predicted molar refractivity (Wildman–Crippen MR) is 94.6 cm³/mol. The Morgan fingerprint density at radius 1 is 0.880 bits per heavy atom. The molecule has 0 spiro atoms. The van der Waals surface area contributed by atoms with Crippen molar-refractivity contribution < 1.29 is 4.57 Å². The number of aromatic nitrogens is 5. The number of imidazole rings is 2. The van der Waals surface area contributed by atoms with Crippen LogP contribution in [-0.4, -0.2) is 18.9 Å². The molecule has 5 heterocycles. The summed E-state index contributed by atoms with van der Waals surface area (Å²) < 4.78 is 6.78. The lowest BCUT2D eigenvalue weighted by Gasteiger charge is -2.02. The summed E-state index contributed by atoms with van der Waals surface area (Å²) in [7, 11) is 0. The molecule has 0 saturated heterocycles. The van der Waals surface area contributed by atoms with Crippen molar-refractivity contribution in [2.45, 2.75) is 6.54 Å². The zero-order valence-corrected chi connectivity index (χ0v) is 13.4. The van der Waals surface area contributed by atoms with Crippen LogP contribution in [0, 0.1) is 0 Å². The van der Waals surface area contributed by atoms with Crippen LogP contribution in [0.1, 0.15) is 5.69 Å². The first-order valence-electron chi connectivity index (χ1n) is 8.32. The Kier molecular flexibility index (Phi) is 2.34. The van der Waals surface area contributed by atoms with E-state index in [1.165, 1.54) is 5.56 Å². The molecular formula is C20H14N5+. The van der Waals surface area contributed by atoms with Crippen LogP contribution in [0.4, 0.5) is 0 Å². The Morgan fingerprint density at radius 2 is 1.72 bits per heavy atom. The van der Waals surface area contributed by atoms with Crippen LogP contribution in [0.25, 0.3) is 33.9 Å². The highest BCUT2D eigenvalue weighted by molar-refractivity contribution is 5.83. The maximum atomic E-state index is 4.69. The first kappa shape index (κ1) is 12.9. The molecule has 5 aromatic rings. The quantitative estimate of drug-likeness (QED) is 0.436. The molecule has 5 heteroatoms. The highest BCUT2D eigenvalue weighted by atomic mass is 15.3. The fraction of sp³-hybridized carbons (Fsp3) is 0.0500. The van der Waals surface area contributed by atoms with E-state index < -0.39 is 0 Å². The summed E-state index contributed by atoms with van der Waals surface area (Å²) in [4.78, 5) is 9.22. The molecule has 0 atom stereocenters. The number of rotatable bonds is 1. The largest absolute Gasteiger partial charge is 0.299 e. The molecule has 118 valence electrons. The first-order chi connectivity index (χ1) is 12.4. The van der Waals surface area contributed by atoms with Crippen LogP contribution in [0.15, 0.2) is 73.2 Å². The van der Waals surface area contributed by atoms with Crippen molar-refractivity contribution in [3.05, 3.63) is 78.9 Å². The number of pyridine rings is 2. The normalized spacial score (nSPS) is 12.6. The van der Waals surface area contributed by atoms with Gasteiger partial charge in [-0.25, -0.2) is 9.55 Å². The third-order valence-corrected chi connectivity index (χ3v) is 4.90. The molecule has 1 aliphatic heterocycles. The maximum absolute atomic E-state index is 4.69. The summed E-state index contributed by atoms with van der Waals surface area (Å²) in [5.74, 6) is 1.15. The van der Waals surface area contributed by atoms with Crippen LogP contribution < -0.4 is 4.57 Å². The lowest BCUT2D eigenvalue weighted by molar-refractivity contribution is -0.670. The van der Waals surface area contributed by atoms with E-state index >= 15 is 0 Å². The van der Waals surface area contributed by atoms with E-state index in [2.05, 4.69) is 66.1 Å². The molecule has 5 nitrogen and oxygen atoms in total. The molecule has 0 saturated carbocycles. The van der Waals surface area contributed by atoms with E-state index in [-0.39, 0.29) is 0 Å². The second-order valence-corrected chi connectivity index (χ2v) is 6.29. The van der Waals surface area contributed by atoms with Gasteiger partial charge in [-0.05, 0) is 36.4 Å². The van der Waals surface area contributed by atoms with Gasteiger partial charge in [0, 0.05) is 18.1 Å². The standard InChI is InChI=1S/C20H14N5/c1-2-6-14(7-3-1)24-17-9-5-11-22-19(17)25-18(24)13-23-12-16-15(20(23)25)8-4-10-21-16/h1-11,13H,12H2/q+1. The van der Waals surface area contributed by atoms with Crippen molar-refractivity contribution in [1.29, 1.82) is 0 Å². The van der Waals surface area contributed by atoms with E-state index in [4.69, 9.17) is 0 Å². The number of fused-ring (bicyclic) bond motifs is 7. The van der Waals surface area contributed by atoms with Gasteiger partial charge in [-0.1, -0.05) is 18.2 Å². The Morgan fingerprint density at radius 3 is 2.64 bits per heavy atom. The second-order valence-electron chi connectivity index (χ2n) is 6.29. The van der Waals surface area contributed by atoms with Gasteiger partial charge in [0.25, 0.3) is 17.1 Å². The molecule has 25 heavy (non-hydrogen) atoms. The van der Waals surface area contributed by atoms with Crippen LogP contribution in [0.2, 0.25) is 0 Å². The van der Waals surface area contributed by atoms with Crippen LogP contribution in [-0.2, 0) is 6.54 Å². The van der Waals surface area contributed by atoms with E-state index in [0.29, 0.717) is 0 Å². The van der Waals surface area contributed by atoms with Gasteiger partial charge in [0.2, 0.25) is 0 Å². The SMILES string of the molecule is c1ccc(-n2c3cccnc3n3c4[n+](cc23)Cc2ncccc2-4)cc1. The molecule has 0 radical (unpaired) electrons. The zero-order valence-electron chi connectivity index (χ0n) is 13.4. The highest BCUT2D eigenvalue weighted by Gasteiger charge is 2.34. The van der Waals surface area contributed by atoms with Crippen molar-refractivity contribution in [3.63, 3.8) is 0 Å². The van der Waals surface area contributed by atoms with Gasteiger partial charge in [0.05, 0.1) is 11.3 Å². The summed E-state index contributed by atoms with van der Waals surface area (Å²) in [6, 6.07) is 18.7. The monoisotopic (exact) mass is 324 g/mol. The molecule has 0 unspecified atom stereocenters. The predicted octanol–water partition coefficient (Wildman–Crippen LogP) is 2.99. The summed E-state index contributed by atoms with van der Waals surface area (Å²) in [5.41, 5.74) is 6.61. The van der Waals surface area contributed by atoms with Crippen molar-refractivity contribution in [2.75, 3.05) is 0 Å². The molecule has 6 rings (SSSR count). The van der Waals surface area contributed by atoms with Crippen LogP contribution in [0.5, 0.6) is 0 Å². The first-order valence-corrected chi connectivity index (χ1v) is 8.32. The average molecular weight is 324 g/mol. The number of para-hydroxylation sites is 1. The lowest BCUT2D eigenvalue weighted by Crippen LogP contribution is -2.30. The third kappa shape index (κ3) is 1.59. The minimum Gasteiger partial charge on any atom is -0.268 e. The minimum atomic E-state index is 0.802. The van der Waals surface area contributed by atoms with Crippen LogP contribution >= 0.6 is 0 Å². The van der Waals surface area contributed by atoms with Gasteiger partial charge in [-0.3, -0.25) is 9.55 Å². The van der Waals surface area contributed by atoms with E-state index in [0.717, 1.165) is 40.6 Å². The number of benzene rings is 1. The lowest BCUT2D eigenvalue weighted by atomic mass is 10.2. The molecule has 0 aliphatic carbocycles. The molecule has 1 aromatic carbocycles. The third-order valence-electron chi connectivity index (χ3n) is 4.90. The smallest absolute Gasteiger partial charge is 0.268 e. The number of hydrogen-bond acceptors (Lipinski definition) is 2. The van der Waals surface area contributed by atoms with Gasteiger partial charge < -0.3 is 0 Å². The van der Waals surface area contributed by atoms with Gasteiger partial charge >= 0.3 is 0 Å². The Labute approximate surface area is 143 Å². The molecule has 0 amide bonds. The average Bonchev–Trinajstić information content (AvgIpc) is 3.28. The molecule has 1 aliphatic rings. The van der Waals surface area contributed by atoms with Crippen molar-refractivity contribution in [1.82, 2.24) is 18.9 Å². The molecule has 4 aromatic heterocycles. The number of hydrogen-bond donors (Lipinski definition) is 0. The number of nitrogens with zero attached hydrogens (tertiary/aromatic N) is 5. The zero-order chi connectivity index (χ0) is 16.4. The maximum Gasteiger partial charge on any atom is 0.299 e. The van der Waals surface area contributed by atoms with Gasteiger partial charge in [0.1, 0.15) is 12.1 Å². The Balaban J connectivity index is 1.81. The fourth-order valence-electron chi connectivity index (χ4n) is 3.89. The fourth-order valence-corrected chi connectivity index (χ4v) is 3.89. The molecule has 0 bridgehead atoms. The Hall–Kier alpha value is -3.47. The van der Waals surface area contributed by atoms with Crippen molar-refractivity contribution in [2.24, 2.45) is 0 Å². The highest BCUT2D eigenvalue weighted by Crippen LogP contribution is 2.32. The summed E-state index contributed by atoms with van der Waals surface area (Å²) in [5, 5.41) is 0. The molecular weight excluding hydrogens is 310 g/mol. The summed E-state index contributed by atoms with van der Waals surface area (Å²) in [6.45, 7) is 0.802. The topological polar surface area (TPSA) is 39.0 Å². The summed E-state index contributed by atoms with van der Waals surface area (Å²) in [6.07, 6.45) is 5.91. The Bertz CT molecular complexity index is 1260. The minimum absolute atomic E-state index is 0.802. The summed E-state index contributed by atoms with van der Waals surface area (Å²) >= 11 is 0. The van der Waals surface area contributed by atoms with Crippen LogP contribution in [0.3, 0.4) is 0 Å². The van der Waals surface area contributed by atoms with Gasteiger partial charge in [-0.2, -0.15) is 4.40 Å². The molecule has 0 fully saturated rings. The van der Waals surface area contributed by atoms with Crippen molar-refractivity contribution >= 4 is 16.8 Å². The van der Waals surface area contributed by atoms with Crippen molar-refractivity contribution in [3.8, 4) is 17.1 Å². The van der Waals surface area contributed by atoms with E-state index in [9.17, 15) is 0 Å². The van der Waals surface area contributed by atoms with Gasteiger partial charge in [-0.15, -0.1) is 0 Å². The van der Waals surface area contributed by atoms with E-state index in [1.54, 1.807) is 0 Å². The van der Waals surface area contributed by atoms with Gasteiger partial charge in [0.15, 0.2) is 6.20 Å². The molecule has 0 N–H and O–H groups in total.